The Morgan fingerprint density at radius 2 is 1.96 bits per heavy atom. The molecule has 1 aliphatic heterocycles. The monoisotopic (exact) mass is 389 g/mol. The molecule has 2 heterocycles. The van der Waals surface area contributed by atoms with Gasteiger partial charge in [-0.15, -0.1) is 11.3 Å². The fraction of sp³-hybridized carbons (Fsp3) is 0.188. The number of hydrogen-bond donors (Lipinski definition) is 1. The molecule has 2 aromatic rings. The zero-order valence-electron chi connectivity index (χ0n) is 12.2. The maximum atomic E-state index is 12.8. The number of imide groups is 1. The molecule has 1 atom stereocenters. The Balaban J connectivity index is 1.88. The Kier molecular flexibility index (Phi) is 3.96. The van der Waals surface area contributed by atoms with Gasteiger partial charge in [0.05, 0.1) is 22.0 Å². The van der Waals surface area contributed by atoms with Crippen molar-refractivity contribution in [3.05, 3.63) is 56.2 Å². The largest absolute Gasteiger partial charge is 0.325 e. The highest BCUT2D eigenvalue weighted by atomic mass is 79.9. The van der Waals surface area contributed by atoms with E-state index in [1.807, 2.05) is 18.2 Å². The fourth-order valence-electron chi connectivity index (χ4n) is 2.51. The summed E-state index contributed by atoms with van der Waals surface area (Å²) in [5, 5.41) is 11.6. The molecule has 1 fully saturated rings. The predicted molar refractivity (Wildman–Crippen MR) is 89.6 cm³/mol. The van der Waals surface area contributed by atoms with E-state index in [1.165, 1.54) is 16.2 Å². The van der Waals surface area contributed by atoms with Crippen LogP contribution < -0.4 is 5.32 Å². The molecule has 0 saturated carbocycles. The average Bonchev–Trinajstić information content (AvgIpc) is 3.05. The lowest BCUT2D eigenvalue weighted by Crippen LogP contribution is -2.40. The van der Waals surface area contributed by atoms with Gasteiger partial charge in [0.2, 0.25) is 0 Å². The number of nitrogens with zero attached hydrogens (tertiary/aromatic N) is 2. The molecule has 0 radical (unpaired) electrons. The van der Waals surface area contributed by atoms with E-state index in [0.717, 1.165) is 8.66 Å². The van der Waals surface area contributed by atoms with Crippen LogP contribution in [0, 0.1) is 11.3 Å². The van der Waals surface area contributed by atoms with E-state index >= 15 is 0 Å². The van der Waals surface area contributed by atoms with Gasteiger partial charge in [-0.05, 0) is 52.7 Å². The second-order valence-electron chi connectivity index (χ2n) is 5.34. The first kappa shape index (κ1) is 15.7. The number of nitriles is 1. The number of benzene rings is 1. The third-order valence-electron chi connectivity index (χ3n) is 3.81. The molecule has 7 heteroatoms. The number of rotatable bonds is 3. The SMILES string of the molecule is CC1(c2ccc(C#N)cc2)NC(=O)N(Cc2ccc(Br)s2)C1=O. The topological polar surface area (TPSA) is 73.2 Å². The zero-order valence-corrected chi connectivity index (χ0v) is 14.6. The van der Waals surface area contributed by atoms with E-state index in [1.54, 1.807) is 31.2 Å². The number of thiophene rings is 1. The normalized spacial score (nSPS) is 20.5. The summed E-state index contributed by atoms with van der Waals surface area (Å²) in [6.07, 6.45) is 0. The van der Waals surface area contributed by atoms with Crippen LogP contribution in [0.5, 0.6) is 0 Å². The molecule has 116 valence electrons. The third-order valence-corrected chi connectivity index (χ3v) is 5.42. The van der Waals surface area contributed by atoms with E-state index in [4.69, 9.17) is 5.26 Å². The molecule has 1 aliphatic rings. The summed E-state index contributed by atoms with van der Waals surface area (Å²) < 4.78 is 0.953. The van der Waals surface area contributed by atoms with Crippen molar-refractivity contribution in [3.8, 4) is 6.07 Å². The van der Waals surface area contributed by atoms with Gasteiger partial charge in [0.25, 0.3) is 5.91 Å². The van der Waals surface area contributed by atoms with Gasteiger partial charge >= 0.3 is 6.03 Å². The first-order valence-corrected chi connectivity index (χ1v) is 8.44. The maximum absolute atomic E-state index is 12.8. The van der Waals surface area contributed by atoms with Crippen molar-refractivity contribution in [1.82, 2.24) is 10.2 Å². The Bertz CT molecular complexity index is 825. The van der Waals surface area contributed by atoms with Crippen LogP contribution in [0.2, 0.25) is 0 Å². The molecule has 3 amide bonds. The first-order valence-electron chi connectivity index (χ1n) is 6.83. The summed E-state index contributed by atoms with van der Waals surface area (Å²) in [4.78, 5) is 27.2. The highest BCUT2D eigenvalue weighted by molar-refractivity contribution is 9.11. The minimum absolute atomic E-state index is 0.243. The van der Waals surface area contributed by atoms with E-state index in [9.17, 15) is 9.59 Å². The van der Waals surface area contributed by atoms with Crippen LogP contribution >= 0.6 is 27.3 Å². The summed E-state index contributed by atoms with van der Waals surface area (Å²) >= 11 is 4.86. The van der Waals surface area contributed by atoms with E-state index < -0.39 is 11.6 Å². The molecule has 1 saturated heterocycles. The van der Waals surface area contributed by atoms with Gasteiger partial charge in [-0.3, -0.25) is 9.69 Å². The van der Waals surface area contributed by atoms with Gasteiger partial charge in [0, 0.05) is 4.88 Å². The van der Waals surface area contributed by atoms with Crippen molar-refractivity contribution in [1.29, 1.82) is 5.26 Å². The molecule has 1 aromatic carbocycles. The van der Waals surface area contributed by atoms with Crippen molar-refractivity contribution in [2.75, 3.05) is 0 Å². The summed E-state index contributed by atoms with van der Waals surface area (Å²) in [7, 11) is 0. The number of urea groups is 1. The van der Waals surface area contributed by atoms with Crippen LogP contribution in [0.25, 0.3) is 0 Å². The highest BCUT2D eigenvalue weighted by Gasteiger charge is 2.48. The van der Waals surface area contributed by atoms with E-state index in [-0.39, 0.29) is 12.5 Å². The summed E-state index contributed by atoms with van der Waals surface area (Å²) in [6.45, 7) is 1.92. The van der Waals surface area contributed by atoms with Gasteiger partial charge in [-0.1, -0.05) is 12.1 Å². The highest BCUT2D eigenvalue weighted by Crippen LogP contribution is 2.31. The number of carbonyl (C=O) groups excluding carboxylic acids is 2. The van der Waals surface area contributed by atoms with Crippen molar-refractivity contribution in [3.63, 3.8) is 0 Å². The zero-order chi connectivity index (χ0) is 16.6. The lowest BCUT2D eigenvalue weighted by molar-refractivity contribution is -0.131. The van der Waals surface area contributed by atoms with Crippen LogP contribution in [0.15, 0.2) is 40.2 Å². The lowest BCUT2D eigenvalue weighted by Gasteiger charge is -2.22. The van der Waals surface area contributed by atoms with Crippen molar-refractivity contribution in [2.24, 2.45) is 0 Å². The Labute approximate surface area is 145 Å². The second kappa shape index (κ2) is 5.80. The second-order valence-corrected chi connectivity index (χ2v) is 7.89. The fourth-order valence-corrected chi connectivity index (χ4v) is 3.98. The van der Waals surface area contributed by atoms with E-state index in [2.05, 4.69) is 21.2 Å². The van der Waals surface area contributed by atoms with Gasteiger partial charge in [0.15, 0.2) is 0 Å². The minimum Gasteiger partial charge on any atom is -0.319 e. The number of carbonyl (C=O) groups is 2. The van der Waals surface area contributed by atoms with Crippen molar-refractivity contribution < 1.29 is 9.59 Å². The van der Waals surface area contributed by atoms with Crippen molar-refractivity contribution in [2.45, 2.75) is 19.0 Å². The van der Waals surface area contributed by atoms with Crippen LogP contribution in [0.4, 0.5) is 4.79 Å². The summed E-state index contributed by atoms with van der Waals surface area (Å²) in [5.74, 6) is -0.295. The van der Waals surface area contributed by atoms with Crippen LogP contribution in [-0.2, 0) is 16.9 Å². The van der Waals surface area contributed by atoms with Crippen LogP contribution in [-0.4, -0.2) is 16.8 Å². The smallest absolute Gasteiger partial charge is 0.319 e. The lowest BCUT2D eigenvalue weighted by atomic mass is 9.91. The number of halogens is 1. The quantitative estimate of drug-likeness (QED) is 0.817. The van der Waals surface area contributed by atoms with E-state index in [0.29, 0.717) is 11.1 Å². The van der Waals surface area contributed by atoms with Crippen LogP contribution in [0.3, 0.4) is 0 Å². The van der Waals surface area contributed by atoms with Gasteiger partial charge < -0.3 is 5.32 Å². The Morgan fingerprint density at radius 1 is 1.26 bits per heavy atom. The molecule has 23 heavy (non-hydrogen) atoms. The number of amides is 3. The van der Waals surface area contributed by atoms with Gasteiger partial charge in [-0.25, -0.2) is 4.79 Å². The first-order chi connectivity index (χ1) is 10.9. The summed E-state index contributed by atoms with van der Waals surface area (Å²) in [6, 6.07) is 12.1. The van der Waals surface area contributed by atoms with Gasteiger partial charge in [-0.2, -0.15) is 5.26 Å². The molecule has 1 unspecified atom stereocenters. The Morgan fingerprint density at radius 3 is 2.52 bits per heavy atom. The average molecular weight is 390 g/mol. The molecule has 0 bridgehead atoms. The molecule has 1 aromatic heterocycles. The standard InChI is InChI=1S/C16H12BrN3O2S/c1-16(11-4-2-10(8-18)3-5-11)14(21)20(15(22)19-16)9-12-6-7-13(17)23-12/h2-7H,9H2,1H3,(H,19,22). The molecular formula is C16H12BrN3O2S. The number of nitrogens with one attached hydrogen (secondary N) is 1. The van der Waals surface area contributed by atoms with Crippen LogP contribution in [0.1, 0.15) is 22.9 Å². The maximum Gasteiger partial charge on any atom is 0.325 e. The minimum atomic E-state index is -1.11. The molecule has 0 spiro atoms. The third kappa shape index (κ3) is 2.76. The summed E-state index contributed by atoms with van der Waals surface area (Å²) in [5.41, 5.74) is 0.0543. The molecule has 1 N–H and O–H groups in total. The molecular weight excluding hydrogens is 378 g/mol. The molecule has 5 nitrogen and oxygen atoms in total. The van der Waals surface area contributed by atoms with Gasteiger partial charge in [0.1, 0.15) is 5.54 Å². The Hall–Kier alpha value is -2.17. The predicted octanol–water partition coefficient (Wildman–Crippen LogP) is 3.35. The van der Waals surface area contributed by atoms with Crippen molar-refractivity contribution >= 4 is 39.2 Å². The molecule has 3 rings (SSSR count). The number of hydrogen-bond acceptors (Lipinski definition) is 4. The molecule has 0 aliphatic carbocycles.